The van der Waals surface area contributed by atoms with Gasteiger partial charge >= 0.3 is 11.9 Å². The van der Waals surface area contributed by atoms with Gasteiger partial charge in [0, 0.05) is 25.4 Å². The van der Waals surface area contributed by atoms with Crippen LogP contribution in [0.1, 0.15) is 13.8 Å². The maximum Gasteiger partial charge on any atom is 0.329 e. The summed E-state index contributed by atoms with van der Waals surface area (Å²) in [6, 6.07) is -1.80. The van der Waals surface area contributed by atoms with E-state index in [1.807, 2.05) is 0 Å². The Morgan fingerprint density at radius 1 is 1.00 bits per heavy atom. The number of esters is 1. The molecule has 0 aliphatic heterocycles. The standard InChI is InChI=1S/C11H18N2O6S2/c1-6(14)12-8(10(16)17)4-20-21-5-9(11(18)19-3)13-7(2)15/h8-9H,4-5H2,1-3H3,(H,12,14)(H,13,15)(H,16,17)/t8?,9-/m0/s1. The second-order valence-electron chi connectivity index (χ2n) is 3.94. The highest BCUT2D eigenvalue weighted by atomic mass is 33.1. The number of hydrogen-bond acceptors (Lipinski definition) is 7. The number of carbonyl (C=O) groups excluding carboxylic acids is 3. The first-order chi connectivity index (χ1) is 9.77. The van der Waals surface area contributed by atoms with Crippen molar-refractivity contribution in [3.05, 3.63) is 0 Å². The Morgan fingerprint density at radius 3 is 1.81 bits per heavy atom. The zero-order chi connectivity index (χ0) is 16.4. The van der Waals surface area contributed by atoms with Gasteiger partial charge in [0.1, 0.15) is 12.1 Å². The van der Waals surface area contributed by atoms with Crippen LogP contribution in [0.15, 0.2) is 0 Å². The molecule has 0 saturated heterocycles. The third-order valence-electron chi connectivity index (χ3n) is 2.09. The van der Waals surface area contributed by atoms with Crippen molar-refractivity contribution in [2.45, 2.75) is 25.9 Å². The zero-order valence-corrected chi connectivity index (χ0v) is 13.5. The minimum Gasteiger partial charge on any atom is -0.480 e. The third-order valence-corrected chi connectivity index (χ3v) is 4.51. The van der Waals surface area contributed by atoms with Crippen LogP contribution in [0.4, 0.5) is 0 Å². The monoisotopic (exact) mass is 338 g/mol. The Hall–Kier alpha value is -1.42. The highest BCUT2D eigenvalue weighted by molar-refractivity contribution is 8.76. The number of carboxylic acids is 1. The summed E-state index contributed by atoms with van der Waals surface area (Å²) in [7, 11) is 3.60. The predicted octanol–water partition coefficient (Wildman–Crippen LogP) is -0.365. The number of carbonyl (C=O) groups is 4. The fraction of sp³-hybridized carbons (Fsp3) is 0.636. The summed E-state index contributed by atoms with van der Waals surface area (Å²) in [6.45, 7) is 2.52. The maximum absolute atomic E-state index is 11.4. The van der Waals surface area contributed by atoms with E-state index in [9.17, 15) is 19.2 Å². The van der Waals surface area contributed by atoms with Gasteiger partial charge in [-0.1, -0.05) is 21.6 Å². The van der Waals surface area contributed by atoms with E-state index in [2.05, 4.69) is 15.4 Å². The van der Waals surface area contributed by atoms with E-state index in [4.69, 9.17) is 5.11 Å². The van der Waals surface area contributed by atoms with E-state index in [1.165, 1.54) is 42.5 Å². The van der Waals surface area contributed by atoms with E-state index in [0.29, 0.717) is 0 Å². The molecular formula is C11H18N2O6S2. The van der Waals surface area contributed by atoms with Gasteiger partial charge in [0.2, 0.25) is 11.8 Å². The van der Waals surface area contributed by atoms with E-state index in [1.54, 1.807) is 0 Å². The summed E-state index contributed by atoms with van der Waals surface area (Å²) < 4.78 is 4.55. The van der Waals surface area contributed by atoms with Gasteiger partial charge in [-0.05, 0) is 0 Å². The van der Waals surface area contributed by atoms with Gasteiger partial charge in [0.25, 0.3) is 0 Å². The van der Waals surface area contributed by atoms with Gasteiger partial charge in [0.15, 0.2) is 0 Å². The minimum absolute atomic E-state index is 0.132. The SMILES string of the molecule is COC(=O)[C@H](CSSCC(NC(C)=O)C(=O)O)NC(C)=O. The molecule has 0 aliphatic carbocycles. The number of carboxylic acid groups (broad SMARTS) is 1. The number of ether oxygens (including phenoxy) is 1. The Labute approximate surface area is 130 Å². The van der Waals surface area contributed by atoms with Crippen LogP contribution in [0.3, 0.4) is 0 Å². The van der Waals surface area contributed by atoms with E-state index < -0.39 is 29.9 Å². The second-order valence-corrected chi connectivity index (χ2v) is 6.49. The lowest BCUT2D eigenvalue weighted by Crippen LogP contribution is -2.42. The first-order valence-electron chi connectivity index (χ1n) is 5.87. The third kappa shape index (κ3) is 9.19. The van der Waals surface area contributed by atoms with Gasteiger partial charge in [0.05, 0.1) is 7.11 Å². The summed E-state index contributed by atoms with van der Waals surface area (Å²) in [4.78, 5) is 44.1. The smallest absolute Gasteiger partial charge is 0.329 e. The van der Waals surface area contributed by atoms with E-state index in [0.717, 1.165) is 0 Å². The minimum atomic E-state index is -1.13. The second kappa shape index (κ2) is 10.3. The topological polar surface area (TPSA) is 122 Å². The molecule has 120 valence electrons. The van der Waals surface area contributed by atoms with Crippen LogP contribution < -0.4 is 10.6 Å². The molecule has 2 amide bonds. The van der Waals surface area contributed by atoms with Crippen LogP contribution in [-0.2, 0) is 23.9 Å². The van der Waals surface area contributed by atoms with Crippen molar-refractivity contribution in [3.63, 3.8) is 0 Å². The molecule has 0 radical (unpaired) electrons. The molecule has 0 fully saturated rings. The molecule has 2 atom stereocenters. The first kappa shape index (κ1) is 19.6. The molecule has 0 heterocycles. The zero-order valence-electron chi connectivity index (χ0n) is 11.9. The van der Waals surface area contributed by atoms with E-state index >= 15 is 0 Å². The predicted molar refractivity (Wildman–Crippen MR) is 79.8 cm³/mol. The highest BCUT2D eigenvalue weighted by Crippen LogP contribution is 2.23. The van der Waals surface area contributed by atoms with Crippen molar-refractivity contribution in [3.8, 4) is 0 Å². The van der Waals surface area contributed by atoms with Crippen LogP contribution >= 0.6 is 21.6 Å². The van der Waals surface area contributed by atoms with Crippen LogP contribution in [-0.4, -0.2) is 59.6 Å². The summed E-state index contributed by atoms with van der Waals surface area (Å²) >= 11 is 0. The Morgan fingerprint density at radius 2 is 1.43 bits per heavy atom. The summed E-state index contributed by atoms with van der Waals surface area (Å²) in [5.74, 6) is -2.15. The summed E-state index contributed by atoms with van der Waals surface area (Å²) in [5, 5.41) is 13.6. The number of aliphatic carboxylic acids is 1. The fourth-order valence-corrected chi connectivity index (χ4v) is 3.51. The highest BCUT2D eigenvalue weighted by Gasteiger charge is 2.22. The quantitative estimate of drug-likeness (QED) is 0.296. The van der Waals surface area contributed by atoms with Gasteiger partial charge in [-0.2, -0.15) is 0 Å². The first-order valence-corrected chi connectivity index (χ1v) is 8.36. The van der Waals surface area contributed by atoms with Crippen molar-refractivity contribution < 1.29 is 29.0 Å². The molecule has 0 rings (SSSR count). The van der Waals surface area contributed by atoms with Gasteiger partial charge in [-0.3, -0.25) is 9.59 Å². The lowest BCUT2D eigenvalue weighted by molar-refractivity contribution is -0.144. The molecular weight excluding hydrogens is 320 g/mol. The Bertz CT molecular complexity index is 404. The average Bonchev–Trinajstić information content (AvgIpc) is 2.38. The number of amides is 2. The van der Waals surface area contributed by atoms with Crippen molar-refractivity contribution in [1.82, 2.24) is 10.6 Å². The number of methoxy groups -OCH3 is 1. The maximum atomic E-state index is 11.4. The lowest BCUT2D eigenvalue weighted by Gasteiger charge is -2.16. The molecule has 21 heavy (non-hydrogen) atoms. The molecule has 0 aromatic heterocycles. The van der Waals surface area contributed by atoms with E-state index in [-0.39, 0.29) is 17.4 Å². The van der Waals surface area contributed by atoms with Crippen LogP contribution in [0.25, 0.3) is 0 Å². The summed E-state index contributed by atoms with van der Waals surface area (Å²) in [6.07, 6.45) is 0. The normalized spacial score (nSPS) is 12.9. The summed E-state index contributed by atoms with van der Waals surface area (Å²) in [5.41, 5.74) is 0. The van der Waals surface area contributed by atoms with Crippen molar-refractivity contribution in [2.75, 3.05) is 18.6 Å². The van der Waals surface area contributed by atoms with Crippen molar-refractivity contribution >= 4 is 45.3 Å². The molecule has 10 heteroatoms. The molecule has 0 spiro atoms. The molecule has 0 bridgehead atoms. The molecule has 1 unspecified atom stereocenters. The molecule has 0 aromatic carbocycles. The molecule has 0 saturated carbocycles. The molecule has 3 N–H and O–H groups in total. The number of hydrogen-bond donors (Lipinski definition) is 3. The number of nitrogens with one attached hydrogen (secondary N) is 2. The van der Waals surface area contributed by atoms with Crippen LogP contribution in [0, 0.1) is 0 Å². The van der Waals surface area contributed by atoms with Crippen LogP contribution in [0.2, 0.25) is 0 Å². The van der Waals surface area contributed by atoms with Gasteiger partial charge in [-0.15, -0.1) is 0 Å². The molecule has 8 nitrogen and oxygen atoms in total. The fourth-order valence-electron chi connectivity index (χ4n) is 1.21. The largest absolute Gasteiger partial charge is 0.480 e. The van der Waals surface area contributed by atoms with Gasteiger partial charge < -0.3 is 20.5 Å². The molecule has 0 aliphatic rings. The van der Waals surface area contributed by atoms with Gasteiger partial charge in [-0.25, -0.2) is 9.59 Å². The Balaban J connectivity index is 4.24. The lowest BCUT2D eigenvalue weighted by atomic mass is 10.3. The van der Waals surface area contributed by atoms with Crippen molar-refractivity contribution in [2.24, 2.45) is 0 Å². The van der Waals surface area contributed by atoms with Crippen LogP contribution in [0.5, 0.6) is 0 Å². The molecule has 0 aromatic rings. The Kier molecular flexibility index (Phi) is 9.63. The number of rotatable bonds is 9. The average molecular weight is 338 g/mol. The van der Waals surface area contributed by atoms with Crippen molar-refractivity contribution in [1.29, 1.82) is 0 Å².